The van der Waals surface area contributed by atoms with Crippen molar-refractivity contribution in [1.29, 1.82) is 0 Å². The first-order valence-electron chi connectivity index (χ1n) is 7.94. The first kappa shape index (κ1) is 16.0. The highest BCUT2D eigenvalue weighted by Gasteiger charge is 2.20. The molecule has 116 valence electrons. The molecule has 1 aromatic carbocycles. The standard InChI is InChI=1S/C17H26N2O2/c20-15-5-10-18-11-13-19(14-12-18)17(21)9-4-8-16-6-2-1-3-7-16/h1-3,6-7,20H,4-5,8-15H2. The lowest BCUT2D eigenvalue weighted by Crippen LogP contribution is -2.48. The van der Waals surface area contributed by atoms with Gasteiger partial charge in [-0.15, -0.1) is 0 Å². The molecule has 0 bridgehead atoms. The number of aliphatic hydroxyl groups is 1. The molecular weight excluding hydrogens is 264 g/mol. The molecule has 1 N–H and O–H groups in total. The SMILES string of the molecule is O=C(CCCc1ccccc1)N1CCN(CCCO)CC1. The Morgan fingerprint density at radius 2 is 1.76 bits per heavy atom. The predicted octanol–water partition coefficient (Wildman–Crippen LogP) is 1.54. The number of hydrogen-bond acceptors (Lipinski definition) is 3. The highest BCUT2D eigenvalue weighted by molar-refractivity contribution is 5.76. The maximum Gasteiger partial charge on any atom is 0.222 e. The van der Waals surface area contributed by atoms with Crippen molar-refractivity contribution in [1.82, 2.24) is 9.80 Å². The quantitative estimate of drug-likeness (QED) is 0.828. The van der Waals surface area contributed by atoms with Crippen LogP contribution in [0.3, 0.4) is 0 Å². The van der Waals surface area contributed by atoms with Crippen molar-refractivity contribution in [2.45, 2.75) is 25.7 Å². The van der Waals surface area contributed by atoms with Crippen molar-refractivity contribution in [3.63, 3.8) is 0 Å². The van der Waals surface area contributed by atoms with Crippen LogP contribution in [-0.4, -0.2) is 60.1 Å². The van der Waals surface area contributed by atoms with E-state index < -0.39 is 0 Å². The molecule has 0 spiro atoms. The molecule has 0 aliphatic carbocycles. The lowest BCUT2D eigenvalue weighted by molar-refractivity contribution is -0.133. The fourth-order valence-electron chi connectivity index (χ4n) is 2.76. The van der Waals surface area contributed by atoms with E-state index in [9.17, 15) is 4.79 Å². The van der Waals surface area contributed by atoms with E-state index in [4.69, 9.17) is 5.11 Å². The van der Waals surface area contributed by atoms with E-state index in [2.05, 4.69) is 17.0 Å². The third-order valence-electron chi connectivity index (χ3n) is 4.06. The summed E-state index contributed by atoms with van der Waals surface area (Å²) in [5.74, 6) is 0.285. The van der Waals surface area contributed by atoms with Gasteiger partial charge in [0.1, 0.15) is 0 Å². The summed E-state index contributed by atoms with van der Waals surface area (Å²) < 4.78 is 0. The van der Waals surface area contributed by atoms with Crippen molar-refractivity contribution >= 4 is 5.91 Å². The minimum Gasteiger partial charge on any atom is -0.396 e. The largest absolute Gasteiger partial charge is 0.396 e. The third-order valence-corrected chi connectivity index (χ3v) is 4.06. The topological polar surface area (TPSA) is 43.8 Å². The molecule has 1 heterocycles. The number of rotatable bonds is 7. The predicted molar refractivity (Wildman–Crippen MR) is 84.1 cm³/mol. The minimum absolute atomic E-state index is 0.249. The Morgan fingerprint density at radius 3 is 2.43 bits per heavy atom. The van der Waals surface area contributed by atoms with E-state index in [-0.39, 0.29) is 12.5 Å². The van der Waals surface area contributed by atoms with E-state index in [0.717, 1.165) is 52.0 Å². The molecule has 2 rings (SSSR count). The zero-order valence-corrected chi connectivity index (χ0v) is 12.7. The number of nitrogens with zero attached hydrogens (tertiary/aromatic N) is 2. The second kappa shape index (κ2) is 8.80. The summed E-state index contributed by atoms with van der Waals surface area (Å²) in [4.78, 5) is 16.5. The zero-order valence-electron chi connectivity index (χ0n) is 12.7. The van der Waals surface area contributed by atoms with Gasteiger partial charge in [0.2, 0.25) is 5.91 Å². The summed E-state index contributed by atoms with van der Waals surface area (Å²) in [6.45, 7) is 4.71. The molecule has 1 aliphatic rings. The van der Waals surface area contributed by atoms with E-state index in [1.54, 1.807) is 0 Å². The normalized spacial score (nSPS) is 16.1. The number of amides is 1. The van der Waals surface area contributed by atoms with E-state index in [0.29, 0.717) is 6.42 Å². The van der Waals surface area contributed by atoms with Crippen molar-refractivity contribution in [3.8, 4) is 0 Å². The zero-order chi connectivity index (χ0) is 14.9. The molecule has 1 amide bonds. The first-order valence-corrected chi connectivity index (χ1v) is 7.94. The van der Waals surface area contributed by atoms with Crippen LogP contribution in [0, 0.1) is 0 Å². The Morgan fingerprint density at radius 1 is 1.05 bits per heavy atom. The van der Waals surface area contributed by atoms with Crippen LogP contribution in [0.25, 0.3) is 0 Å². The van der Waals surface area contributed by atoms with Crippen LogP contribution in [0.4, 0.5) is 0 Å². The highest BCUT2D eigenvalue weighted by Crippen LogP contribution is 2.09. The van der Waals surface area contributed by atoms with Gasteiger partial charge in [-0.1, -0.05) is 30.3 Å². The number of benzene rings is 1. The summed E-state index contributed by atoms with van der Waals surface area (Å²) in [5.41, 5.74) is 1.30. The number of carbonyl (C=O) groups excluding carboxylic acids is 1. The maximum absolute atomic E-state index is 12.2. The van der Waals surface area contributed by atoms with Crippen LogP contribution < -0.4 is 0 Å². The smallest absolute Gasteiger partial charge is 0.222 e. The van der Waals surface area contributed by atoms with Gasteiger partial charge in [-0.05, 0) is 24.8 Å². The highest BCUT2D eigenvalue weighted by atomic mass is 16.3. The number of aliphatic hydroxyl groups excluding tert-OH is 1. The summed E-state index contributed by atoms with van der Waals surface area (Å²) in [6, 6.07) is 10.3. The fourth-order valence-corrected chi connectivity index (χ4v) is 2.76. The number of aryl methyl sites for hydroxylation is 1. The Labute approximate surface area is 127 Å². The Hall–Kier alpha value is -1.39. The van der Waals surface area contributed by atoms with Gasteiger partial charge in [-0.2, -0.15) is 0 Å². The second-order valence-electron chi connectivity index (χ2n) is 5.64. The van der Waals surface area contributed by atoms with E-state index >= 15 is 0 Å². The average molecular weight is 290 g/mol. The second-order valence-corrected chi connectivity index (χ2v) is 5.64. The summed E-state index contributed by atoms with van der Waals surface area (Å²) >= 11 is 0. The van der Waals surface area contributed by atoms with Gasteiger partial charge in [0.15, 0.2) is 0 Å². The number of piperazine rings is 1. The fraction of sp³-hybridized carbons (Fsp3) is 0.588. The van der Waals surface area contributed by atoms with Crippen LogP contribution in [0.15, 0.2) is 30.3 Å². The molecular formula is C17H26N2O2. The molecule has 4 nitrogen and oxygen atoms in total. The summed E-state index contributed by atoms with van der Waals surface area (Å²) in [6.07, 6.45) is 3.37. The molecule has 0 radical (unpaired) electrons. The van der Waals surface area contributed by atoms with Gasteiger partial charge in [-0.25, -0.2) is 0 Å². The molecule has 0 unspecified atom stereocenters. The number of hydrogen-bond donors (Lipinski definition) is 1. The van der Waals surface area contributed by atoms with Crippen LogP contribution in [-0.2, 0) is 11.2 Å². The van der Waals surface area contributed by atoms with Crippen LogP contribution in [0.2, 0.25) is 0 Å². The maximum atomic E-state index is 12.2. The Kier molecular flexibility index (Phi) is 6.70. The Balaban J connectivity index is 1.63. The average Bonchev–Trinajstić information content (AvgIpc) is 2.54. The van der Waals surface area contributed by atoms with Crippen molar-refractivity contribution in [3.05, 3.63) is 35.9 Å². The molecule has 0 saturated carbocycles. The van der Waals surface area contributed by atoms with E-state index in [1.807, 2.05) is 23.1 Å². The lowest BCUT2D eigenvalue weighted by atomic mass is 10.1. The monoisotopic (exact) mass is 290 g/mol. The Bertz CT molecular complexity index is 414. The molecule has 4 heteroatoms. The molecule has 1 aliphatic heterocycles. The number of carbonyl (C=O) groups is 1. The van der Waals surface area contributed by atoms with E-state index in [1.165, 1.54) is 5.56 Å². The van der Waals surface area contributed by atoms with Gasteiger partial charge in [0.05, 0.1) is 0 Å². The molecule has 1 aromatic rings. The molecule has 0 atom stereocenters. The minimum atomic E-state index is 0.249. The molecule has 21 heavy (non-hydrogen) atoms. The van der Waals surface area contributed by atoms with Crippen molar-refractivity contribution in [2.75, 3.05) is 39.3 Å². The summed E-state index contributed by atoms with van der Waals surface area (Å²) in [7, 11) is 0. The van der Waals surface area contributed by atoms with Crippen LogP contribution in [0.5, 0.6) is 0 Å². The van der Waals surface area contributed by atoms with Gasteiger partial charge in [0, 0.05) is 45.8 Å². The summed E-state index contributed by atoms with van der Waals surface area (Å²) in [5, 5.41) is 8.84. The lowest BCUT2D eigenvalue weighted by Gasteiger charge is -2.34. The van der Waals surface area contributed by atoms with Gasteiger partial charge < -0.3 is 10.0 Å². The molecule has 1 saturated heterocycles. The van der Waals surface area contributed by atoms with Crippen molar-refractivity contribution in [2.24, 2.45) is 0 Å². The van der Waals surface area contributed by atoms with Crippen molar-refractivity contribution < 1.29 is 9.90 Å². The van der Waals surface area contributed by atoms with Gasteiger partial charge in [0.25, 0.3) is 0 Å². The first-order chi connectivity index (χ1) is 10.3. The van der Waals surface area contributed by atoms with Gasteiger partial charge in [-0.3, -0.25) is 9.69 Å². The van der Waals surface area contributed by atoms with Crippen LogP contribution >= 0.6 is 0 Å². The third kappa shape index (κ3) is 5.48. The molecule has 1 fully saturated rings. The van der Waals surface area contributed by atoms with Crippen LogP contribution in [0.1, 0.15) is 24.8 Å². The molecule has 0 aromatic heterocycles. The van der Waals surface area contributed by atoms with Gasteiger partial charge >= 0.3 is 0 Å².